The molecule has 5 heteroatoms. The van der Waals surface area contributed by atoms with E-state index in [1.807, 2.05) is 42.5 Å². The van der Waals surface area contributed by atoms with E-state index < -0.39 is 11.0 Å². The van der Waals surface area contributed by atoms with Crippen LogP contribution >= 0.6 is 0 Å². The zero-order valence-electron chi connectivity index (χ0n) is 11.2. The molecule has 0 radical (unpaired) electrons. The number of nitro groups is 1. The predicted molar refractivity (Wildman–Crippen MR) is 79.9 cm³/mol. The van der Waals surface area contributed by atoms with Gasteiger partial charge in [-0.25, -0.2) is 0 Å². The van der Waals surface area contributed by atoms with E-state index in [4.69, 9.17) is 10.2 Å². The van der Waals surface area contributed by atoms with E-state index in [0.717, 1.165) is 16.3 Å². The number of hydrogen-bond acceptors (Lipinski definition) is 4. The fraction of sp³-hybridized carbons (Fsp3) is 0.125. The number of fused-ring (bicyclic) bond motifs is 1. The molecule has 5 nitrogen and oxygen atoms in total. The lowest BCUT2D eigenvalue weighted by molar-refractivity contribution is -0.402. The van der Waals surface area contributed by atoms with Gasteiger partial charge in [0.05, 0.1) is 12.1 Å². The van der Waals surface area contributed by atoms with Gasteiger partial charge < -0.3 is 10.2 Å². The maximum absolute atomic E-state index is 10.6. The van der Waals surface area contributed by atoms with Crippen LogP contribution in [0.25, 0.3) is 10.8 Å². The summed E-state index contributed by atoms with van der Waals surface area (Å²) in [6.07, 6.45) is 0.562. The van der Waals surface area contributed by atoms with Gasteiger partial charge in [-0.05, 0) is 28.8 Å². The molecule has 1 unspecified atom stereocenters. The van der Waals surface area contributed by atoms with Crippen molar-refractivity contribution in [1.29, 1.82) is 0 Å². The van der Waals surface area contributed by atoms with Crippen molar-refractivity contribution in [3.8, 4) is 0 Å². The Hall–Kier alpha value is -2.66. The molecule has 0 aliphatic rings. The van der Waals surface area contributed by atoms with Crippen LogP contribution in [0.3, 0.4) is 0 Å². The lowest BCUT2D eigenvalue weighted by Crippen LogP contribution is -2.12. The molecule has 0 saturated carbocycles. The van der Waals surface area contributed by atoms with Crippen molar-refractivity contribution in [1.82, 2.24) is 0 Å². The van der Waals surface area contributed by atoms with Crippen LogP contribution in [0.4, 0.5) is 5.88 Å². The third-order valence-electron chi connectivity index (χ3n) is 3.48. The van der Waals surface area contributed by atoms with Crippen molar-refractivity contribution in [3.63, 3.8) is 0 Å². The first-order valence-corrected chi connectivity index (χ1v) is 6.61. The van der Waals surface area contributed by atoms with Gasteiger partial charge in [-0.15, -0.1) is 0 Å². The van der Waals surface area contributed by atoms with Crippen LogP contribution in [0.1, 0.15) is 17.4 Å². The molecule has 0 aliphatic carbocycles. The largest absolute Gasteiger partial charge is 0.433 e. The first kappa shape index (κ1) is 13.3. The van der Waals surface area contributed by atoms with Gasteiger partial charge in [-0.1, -0.05) is 42.5 Å². The monoisotopic (exact) mass is 282 g/mol. The molecule has 0 saturated heterocycles. The minimum atomic E-state index is -0.561. The van der Waals surface area contributed by atoms with Gasteiger partial charge in [0.1, 0.15) is 10.7 Å². The second kappa shape index (κ2) is 5.38. The molecular formula is C16H14N2O3. The number of nitrogens with zero attached hydrogens (tertiary/aromatic N) is 1. The normalized spacial score (nSPS) is 12.4. The number of benzene rings is 2. The maximum Gasteiger partial charge on any atom is 0.433 e. The summed E-state index contributed by atoms with van der Waals surface area (Å²) in [5.74, 6) is 0.146. The fourth-order valence-corrected chi connectivity index (χ4v) is 2.45. The van der Waals surface area contributed by atoms with Crippen LogP contribution in [0, 0.1) is 10.1 Å². The molecule has 3 rings (SSSR count). The highest BCUT2D eigenvalue weighted by Crippen LogP contribution is 2.26. The van der Waals surface area contributed by atoms with Gasteiger partial charge in [0.2, 0.25) is 0 Å². The van der Waals surface area contributed by atoms with E-state index in [1.54, 1.807) is 6.07 Å². The smallest absolute Gasteiger partial charge is 0.404 e. The molecule has 0 spiro atoms. The highest BCUT2D eigenvalue weighted by Gasteiger charge is 2.17. The predicted octanol–water partition coefficient (Wildman–Crippen LogP) is 3.58. The van der Waals surface area contributed by atoms with Crippen molar-refractivity contribution < 1.29 is 9.34 Å². The average molecular weight is 282 g/mol. The molecular weight excluding hydrogens is 268 g/mol. The molecule has 0 fully saturated rings. The van der Waals surface area contributed by atoms with Crippen LogP contribution in [0.5, 0.6) is 0 Å². The van der Waals surface area contributed by atoms with Gasteiger partial charge in [0.25, 0.3) is 0 Å². The molecule has 2 N–H and O–H groups in total. The summed E-state index contributed by atoms with van der Waals surface area (Å²) in [6, 6.07) is 16.6. The van der Waals surface area contributed by atoms with E-state index in [1.165, 1.54) is 6.07 Å². The molecule has 0 aliphatic heterocycles. The van der Waals surface area contributed by atoms with Crippen molar-refractivity contribution in [2.75, 3.05) is 0 Å². The SMILES string of the molecule is NC(Cc1cccc2ccccc12)c1ccc([N+](=O)[O-])o1. The first-order chi connectivity index (χ1) is 10.1. The topological polar surface area (TPSA) is 82.3 Å². The summed E-state index contributed by atoms with van der Waals surface area (Å²) >= 11 is 0. The average Bonchev–Trinajstić information content (AvgIpc) is 2.98. The number of nitrogens with two attached hydrogens (primary N) is 1. The van der Waals surface area contributed by atoms with Crippen molar-refractivity contribution in [3.05, 3.63) is 76.0 Å². The summed E-state index contributed by atoms with van der Waals surface area (Å²) < 4.78 is 5.17. The summed E-state index contributed by atoms with van der Waals surface area (Å²) in [6.45, 7) is 0. The highest BCUT2D eigenvalue weighted by molar-refractivity contribution is 5.85. The highest BCUT2D eigenvalue weighted by atomic mass is 16.6. The van der Waals surface area contributed by atoms with E-state index in [-0.39, 0.29) is 5.88 Å². The van der Waals surface area contributed by atoms with Gasteiger partial charge in [-0.3, -0.25) is 10.1 Å². The Kier molecular flexibility index (Phi) is 3.41. The Balaban J connectivity index is 1.89. The zero-order chi connectivity index (χ0) is 14.8. The van der Waals surface area contributed by atoms with E-state index >= 15 is 0 Å². The van der Waals surface area contributed by atoms with Gasteiger partial charge >= 0.3 is 5.88 Å². The number of hydrogen-bond donors (Lipinski definition) is 1. The summed E-state index contributed by atoms with van der Waals surface area (Å²) in [4.78, 5) is 10.1. The molecule has 2 aromatic carbocycles. The Morgan fingerprint density at radius 3 is 2.62 bits per heavy atom. The molecule has 21 heavy (non-hydrogen) atoms. The van der Waals surface area contributed by atoms with E-state index in [9.17, 15) is 10.1 Å². The van der Waals surface area contributed by atoms with Crippen molar-refractivity contribution in [2.45, 2.75) is 12.5 Å². The minimum absolute atomic E-state index is 0.279. The molecule has 3 aromatic rings. The number of rotatable bonds is 4. The van der Waals surface area contributed by atoms with Crippen LogP contribution in [0.2, 0.25) is 0 Å². The second-order valence-electron chi connectivity index (χ2n) is 4.88. The lowest BCUT2D eigenvalue weighted by Gasteiger charge is -2.11. The van der Waals surface area contributed by atoms with Crippen molar-refractivity contribution >= 4 is 16.7 Å². The molecule has 1 atom stereocenters. The summed E-state index contributed by atoms with van der Waals surface area (Å²) in [5, 5.41) is 12.9. The Bertz CT molecular complexity index is 790. The molecule has 0 amide bonds. The Labute approximate surface area is 121 Å². The third kappa shape index (κ3) is 2.64. The Morgan fingerprint density at radius 2 is 1.86 bits per heavy atom. The molecule has 1 aromatic heterocycles. The van der Waals surface area contributed by atoms with Crippen LogP contribution < -0.4 is 5.73 Å². The quantitative estimate of drug-likeness (QED) is 0.585. The van der Waals surface area contributed by atoms with E-state index in [0.29, 0.717) is 12.2 Å². The van der Waals surface area contributed by atoms with Crippen LogP contribution in [0.15, 0.2) is 59.0 Å². The molecule has 0 bridgehead atoms. The fourth-order valence-electron chi connectivity index (χ4n) is 2.45. The summed E-state index contributed by atoms with van der Waals surface area (Å²) in [5.41, 5.74) is 7.21. The minimum Gasteiger partial charge on any atom is -0.404 e. The van der Waals surface area contributed by atoms with E-state index in [2.05, 4.69) is 0 Å². The van der Waals surface area contributed by atoms with Gasteiger partial charge in [0.15, 0.2) is 0 Å². The van der Waals surface area contributed by atoms with Gasteiger partial charge in [0, 0.05) is 0 Å². The molecule has 1 heterocycles. The lowest BCUT2D eigenvalue weighted by atomic mass is 9.98. The van der Waals surface area contributed by atoms with Crippen LogP contribution in [-0.2, 0) is 6.42 Å². The maximum atomic E-state index is 10.6. The first-order valence-electron chi connectivity index (χ1n) is 6.61. The van der Waals surface area contributed by atoms with Gasteiger partial charge in [-0.2, -0.15) is 0 Å². The Morgan fingerprint density at radius 1 is 1.10 bits per heavy atom. The second-order valence-corrected chi connectivity index (χ2v) is 4.88. The molecule has 106 valence electrons. The zero-order valence-corrected chi connectivity index (χ0v) is 11.2. The standard InChI is InChI=1S/C16H14N2O3/c17-14(15-8-9-16(21-15)18(19)20)10-12-6-3-5-11-4-1-2-7-13(11)12/h1-9,14H,10,17H2. The summed E-state index contributed by atoms with van der Waals surface area (Å²) in [7, 11) is 0. The van der Waals surface area contributed by atoms with Crippen LogP contribution in [-0.4, -0.2) is 4.92 Å². The third-order valence-corrected chi connectivity index (χ3v) is 3.48. The van der Waals surface area contributed by atoms with Crippen molar-refractivity contribution in [2.24, 2.45) is 5.73 Å². The number of furan rings is 1.